The van der Waals surface area contributed by atoms with Gasteiger partial charge in [0.25, 0.3) is 0 Å². The van der Waals surface area contributed by atoms with Crippen LogP contribution in [0.2, 0.25) is 0 Å². The van der Waals surface area contributed by atoms with Gasteiger partial charge >= 0.3 is 5.97 Å². The van der Waals surface area contributed by atoms with Crippen LogP contribution in [0.25, 0.3) is 11.0 Å². The van der Waals surface area contributed by atoms with Gasteiger partial charge < -0.3 is 10.5 Å². The van der Waals surface area contributed by atoms with E-state index >= 15 is 0 Å². The molecule has 0 unspecified atom stereocenters. The van der Waals surface area contributed by atoms with E-state index in [1.807, 2.05) is 0 Å². The maximum atomic E-state index is 11.4. The van der Waals surface area contributed by atoms with Gasteiger partial charge in [-0.1, -0.05) is 0 Å². The van der Waals surface area contributed by atoms with Gasteiger partial charge in [0.15, 0.2) is 5.65 Å². The lowest BCUT2D eigenvalue weighted by Gasteiger charge is -2.02. The van der Waals surface area contributed by atoms with Crippen molar-refractivity contribution in [1.82, 2.24) is 9.97 Å². The quantitative estimate of drug-likeness (QED) is 0.769. The molecule has 0 saturated heterocycles. The highest BCUT2D eigenvalue weighted by molar-refractivity contribution is 5.93. The van der Waals surface area contributed by atoms with Gasteiger partial charge in [0, 0.05) is 11.6 Å². The summed E-state index contributed by atoms with van der Waals surface area (Å²) in [5.74, 6) is 0.0256. The van der Waals surface area contributed by atoms with Crippen LogP contribution in [0.4, 0.5) is 5.82 Å². The van der Waals surface area contributed by atoms with Crippen LogP contribution in [-0.4, -0.2) is 22.5 Å². The number of aromatic nitrogens is 2. The van der Waals surface area contributed by atoms with Crippen LogP contribution in [0.15, 0.2) is 24.4 Å². The molecule has 0 fully saturated rings. The van der Waals surface area contributed by atoms with Crippen molar-refractivity contribution < 1.29 is 9.53 Å². The zero-order valence-electron chi connectivity index (χ0n) is 8.80. The minimum atomic E-state index is -0.381. The number of carbonyl (C=O) groups excluding carboxylic acids is 1. The molecule has 2 aromatic heterocycles. The van der Waals surface area contributed by atoms with E-state index in [-0.39, 0.29) is 5.97 Å². The molecule has 2 rings (SSSR count). The van der Waals surface area contributed by atoms with Crippen molar-refractivity contribution in [3.05, 3.63) is 30.0 Å². The van der Waals surface area contributed by atoms with Gasteiger partial charge in [-0.3, -0.25) is 0 Å². The summed E-state index contributed by atoms with van der Waals surface area (Å²) >= 11 is 0. The Balaban J connectivity index is 2.44. The Morgan fingerprint density at radius 1 is 1.50 bits per heavy atom. The zero-order chi connectivity index (χ0) is 11.5. The Labute approximate surface area is 92.3 Å². The fourth-order valence-corrected chi connectivity index (χ4v) is 1.35. The average molecular weight is 217 g/mol. The lowest BCUT2D eigenvalue weighted by Crippen LogP contribution is -2.05. The number of rotatable bonds is 2. The molecule has 0 aliphatic carbocycles. The van der Waals surface area contributed by atoms with Crippen LogP contribution >= 0.6 is 0 Å². The van der Waals surface area contributed by atoms with Crippen molar-refractivity contribution in [3.63, 3.8) is 0 Å². The van der Waals surface area contributed by atoms with E-state index in [9.17, 15) is 4.79 Å². The molecule has 0 bridgehead atoms. The minimum Gasteiger partial charge on any atom is -0.462 e. The molecule has 0 spiro atoms. The highest BCUT2D eigenvalue weighted by atomic mass is 16.5. The molecule has 16 heavy (non-hydrogen) atoms. The zero-order valence-corrected chi connectivity index (χ0v) is 8.80. The summed E-state index contributed by atoms with van der Waals surface area (Å²) in [6, 6.07) is 5.12. The fourth-order valence-electron chi connectivity index (χ4n) is 1.35. The molecule has 0 aliphatic rings. The maximum absolute atomic E-state index is 11.4. The Hall–Kier alpha value is -2.17. The van der Waals surface area contributed by atoms with Crippen molar-refractivity contribution in [2.24, 2.45) is 0 Å². The SMILES string of the molecule is CCOC(=O)c1cnc2nc(N)ccc2c1. The van der Waals surface area contributed by atoms with Gasteiger partial charge in [-0.15, -0.1) is 0 Å². The number of esters is 1. The summed E-state index contributed by atoms with van der Waals surface area (Å²) in [7, 11) is 0. The normalized spacial score (nSPS) is 10.3. The molecule has 2 heterocycles. The number of carbonyl (C=O) groups is 1. The van der Waals surface area contributed by atoms with E-state index in [0.717, 1.165) is 5.39 Å². The molecule has 82 valence electrons. The predicted molar refractivity (Wildman–Crippen MR) is 59.9 cm³/mol. The Morgan fingerprint density at radius 3 is 3.06 bits per heavy atom. The third kappa shape index (κ3) is 1.93. The van der Waals surface area contributed by atoms with Crippen LogP contribution < -0.4 is 5.73 Å². The molecule has 0 aromatic carbocycles. The summed E-state index contributed by atoms with van der Waals surface area (Å²) in [4.78, 5) is 19.5. The van der Waals surface area contributed by atoms with Crippen LogP contribution in [0.3, 0.4) is 0 Å². The summed E-state index contributed by atoms with van der Waals surface area (Å²) in [5, 5.41) is 0.764. The lowest BCUT2D eigenvalue weighted by molar-refractivity contribution is 0.0526. The molecule has 0 radical (unpaired) electrons. The number of anilines is 1. The predicted octanol–water partition coefficient (Wildman–Crippen LogP) is 1.39. The average Bonchev–Trinajstić information content (AvgIpc) is 2.28. The molecule has 5 nitrogen and oxygen atoms in total. The number of nitrogen functional groups attached to an aromatic ring is 1. The van der Waals surface area contributed by atoms with Gasteiger partial charge in [-0.25, -0.2) is 14.8 Å². The number of ether oxygens (including phenoxy) is 1. The van der Waals surface area contributed by atoms with E-state index in [4.69, 9.17) is 10.5 Å². The second kappa shape index (κ2) is 4.14. The molecular weight excluding hydrogens is 206 g/mol. The van der Waals surface area contributed by atoms with Crippen LogP contribution in [-0.2, 0) is 4.74 Å². The van der Waals surface area contributed by atoms with Crippen molar-refractivity contribution in [2.45, 2.75) is 6.92 Å². The number of hydrogen-bond donors (Lipinski definition) is 1. The first-order chi connectivity index (χ1) is 7.70. The van der Waals surface area contributed by atoms with Gasteiger partial charge in [0.1, 0.15) is 5.82 Å². The second-order valence-electron chi connectivity index (χ2n) is 3.23. The summed E-state index contributed by atoms with van der Waals surface area (Å²) in [6.07, 6.45) is 1.44. The minimum absolute atomic E-state index is 0.344. The topological polar surface area (TPSA) is 78.1 Å². The molecule has 2 N–H and O–H groups in total. The van der Waals surface area contributed by atoms with E-state index in [2.05, 4.69) is 9.97 Å². The monoisotopic (exact) mass is 217 g/mol. The van der Waals surface area contributed by atoms with Gasteiger partial charge in [0.05, 0.1) is 12.2 Å². The molecule has 2 aromatic rings. The standard InChI is InChI=1S/C11H11N3O2/c1-2-16-11(15)8-5-7-3-4-9(12)14-10(7)13-6-8/h3-6H,2H2,1H3,(H2,12,13,14). The number of hydrogen-bond acceptors (Lipinski definition) is 5. The van der Waals surface area contributed by atoms with Crippen molar-refractivity contribution in [3.8, 4) is 0 Å². The summed E-state index contributed by atoms with van der Waals surface area (Å²) in [6.45, 7) is 2.10. The summed E-state index contributed by atoms with van der Waals surface area (Å²) in [5.41, 5.74) is 6.47. The van der Waals surface area contributed by atoms with E-state index in [0.29, 0.717) is 23.6 Å². The van der Waals surface area contributed by atoms with Gasteiger partial charge in [-0.05, 0) is 25.1 Å². The maximum Gasteiger partial charge on any atom is 0.339 e. The number of pyridine rings is 2. The molecule has 0 amide bonds. The Bertz CT molecular complexity index is 540. The highest BCUT2D eigenvalue weighted by Gasteiger charge is 2.08. The van der Waals surface area contributed by atoms with Crippen molar-refractivity contribution >= 4 is 22.8 Å². The molecular formula is C11H11N3O2. The fraction of sp³-hybridized carbons (Fsp3) is 0.182. The Kier molecular flexibility index (Phi) is 2.68. The van der Waals surface area contributed by atoms with Gasteiger partial charge in [0.2, 0.25) is 0 Å². The van der Waals surface area contributed by atoms with Crippen LogP contribution in [0.1, 0.15) is 17.3 Å². The molecule has 0 atom stereocenters. The number of fused-ring (bicyclic) bond motifs is 1. The van der Waals surface area contributed by atoms with Crippen molar-refractivity contribution in [2.75, 3.05) is 12.3 Å². The van der Waals surface area contributed by atoms with E-state index in [1.165, 1.54) is 6.20 Å². The third-order valence-electron chi connectivity index (χ3n) is 2.07. The van der Waals surface area contributed by atoms with Crippen LogP contribution in [0.5, 0.6) is 0 Å². The smallest absolute Gasteiger partial charge is 0.339 e. The summed E-state index contributed by atoms with van der Waals surface area (Å²) < 4.78 is 4.88. The largest absolute Gasteiger partial charge is 0.462 e. The molecule has 5 heteroatoms. The number of nitrogens with two attached hydrogens (primary N) is 1. The Morgan fingerprint density at radius 2 is 2.31 bits per heavy atom. The third-order valence-corrected chi connectivity index (χ3v) is 2.07. The van der Waals surface area contributed by atoms with Gasteiger partial charge in [-0.2, -0.15) is 0 Å². The lowest BCUT2D eigenvalue weighted by atomic mass is 10.2. The first-order valence-corrected chi connectivity index (χ1v) is 4.90. The first kappa shape index (κ1) is 10.4. The molecule has 0 aliphatic heterocycles. The first-order valence-electron chi connectivity index (χ1n) is 4.90. The van der Waals surface area contributed by atoms with E-state index < -0.39 is 0 Å². The number of nitrogens with zero attached hydrogens (tertiary/aromatic N) is 2. The van der Waals surface area contributed by atoms with E-state index in [1.54, 1.807) is 25.1 Å². The highest BCUT2D eigenvalue weighted by Crippen LogP contribution is 2.13. The molecule has 0 saturated carbocycles. The van der Waals surface area contributed by atoms with Crippen molar-refractivity contribution in [1.29, 1.82) is 0 Å². The van der Waals surface area contributed by atoms with Crippen LogP contribution in [0, 0.1) is 0 Å². The second-order valence-corrected chi connectivity index (χ2v) is 3.23.